The predicted molar refractivity (Wildman–Crippen MR) is 84.1 cm³/mol. The normalized spacial score (nSPS) is 22.5. The predicted octanol–water partition coefficient (Wildman–Crippen LogP) is 6.40. The zero-order valence-electron chi connectivity index (χ0n) is 13.0. The quantitative estimate of drug-likeness (QED) is 0.551. The van der Waals surface area contributed by atoms with Crippen molar-refractivity contribution in [3.8, 4) is 0 Å². The number of hydrogen-bond donors (Lipinski definition) is 0. The van der Waals surface area contributed by atoms with Crippen LogP contribution in [0.1, 0.15) is 64.9 Å². The maximum absolute atomic E-state index is 13.9. The Hall–Kier alpha value is -1.18. The summed E-state index contributed by atoms with van der Waals surface area (Å²) in [4.78, 5) is 0. The molecule has 1 saturated carbocycles. The van der Waals surface area contributed by atoms with Crippen molar-refractivity contribution in [2.45, 2.75) is 59.3 Å². The molecular weight excluding hydrogens is 254 g/mol. The largest absolute Gasteiger partial charge is 0.203 e. The SMILES string of the molecule is C/C=C/C1CCC(c2ccc(C)c(F)c2F)CC1.CC.[HH]. The van der Waals surface area contributed by atoms with Crippen molar-refractivity contribution >= 4 is 0 Å². The van der Waals surface area contributed by atoms with Crippen molar-refractivity contribution in [1.82, 2.24) is 0 Å². The third-order valence-corrected chi connectivity index (χ3v) is 3.98. The Bertz CT molecular complexity index is 447. The van der Waals surface area contributed by atoms with Crippen LogP contribution in [0.25, 0.3) is 0 Å². The van der Waals surface area contributed by atoms with E-state index >= 15 is 0 Å². The highest BCUT2D eigenvalue weighted by Gasteiger charge is 2.24. The highest BCUT2D eigenvalue weighted by atomic mass is 19.2. The highest BCUT2D eigenvalue weighted by molar-refractivity contribution is 5.28. The van der Waals surface area contributed by atoms with Gasteiger partial charge in [-0.3, -0.25) is 0 Å². The van der Waals surface area contributed by atoms with Crippen LogP contribution in [0, 0.1) is 24.5 Å². The van der Waals surface area contributed by atoms with Gasteiger partial charge in [-0.05, 0) is 62.5 Å². The maximum atomic E-state index is 13.9. The van der Waals surface area contributed by atoms with Crippen LogP contribution in [-0.2, 0) is 0 Å². The molecule has 114 valence electrons. The van der Waals surface area contributed by atoms with E-state index in [0.717, 1.165) is 25.7 Å². The van der Waals surface area contributed by atoms with Crippen molar-refractivity contribution in [1.29, 1.82) is 0 Å². The van der Waals surface area contributed by atoms with Gasteiger partial charge in [-0.25, -0.2) is 8.78 Å². The first-order chi connectivity index (χ1) is 9.63. The minimum absolute atomic E-state index is 0. The van der Waals surface area contributed by atoms with Crippen LogP contribution in [0.4, 0.5) is 8.78 Å². The molecule has 0 spiro atoms. The van der Waals surface area contributed by atoms with Gasteiger partial charge in [-0.2, -0.15) is 0 Å². The second-order valence-corrected chi connectivity index (χ2v) is 5.24. The second-order valence-electron chi connectivity index (χ2n) is 5.24. The third-order valence-electron chi connectivity index (χ3n) is 3.98. The van der Waals surface area contributed by atoms with Crippen LogP contribution in [0.3, 0.4) is 0 Å². The molecule has 0 saturated heterocycles. The Morgan fingerprint density at radius 2 is 1.65 bits per heavy atom. The number of allylic oxidation sites excluding steroid dienone is 2. The molecular formula is C18H28F2. The summed E-state index contributed by atoms with van der Waals surface area (Å²) in [7, 11) is 0. The first kappa shape index (κ1) is 16.9. The summed E-state index contributed by atoms with van der Waals surface area (Å²) in [5.74, 6) is -0.515. The van der Waals surface area contributed by atoms with Crippen molar-refractivity contribution in [2.24, 2.45) is 5.92 Å². The molecule has 0 nitrogen and oxygen atoms in total. The van der Waals surface area contributed by atoms with Gasteiger partial charge in [0.05, 0.1) is 0 Å². The number of halogens is 2. The Morgan fingerprint density at radius 3 is 2.20 bits per heavy atom. The third kappa shape index (κ3) is 3.91. The monoisotopic (exact) mass is 282 g/mol. The molecule has 0 heterocycles. The lowest BCUT2D eigenvalue weighted by atomic mass is 9.78. The van der Waals surface area contributed by atoms with E-state index in [4.69, 9.17) is 0 Å². The van der Waals surface area contributed by atoms with E-state index in [1.807, 2.05) is 20.8 Å². The lowest BCUT2D eigenvalue weighted by molar-refractivity contribution is 0.363. The maximum Gasteiger partial charge on any atom is 0.162 e. The van der Waals surface area contributed by atoms with Gasteiger partial charge in [-0.15, -0.1) is 0 Å². The van der Waals surface area contributed by atoms with Gasteiger partial charge in [0.1, 0.15) is 0 Å². The average Bonchev–Trinajstić information content (AvgIpc) is 2.49. The lowest BCUT2D eigenvalue weighted by Crippen LogP contribution is -2.13. The summed E-state index contributed by atoms with van der Waals surface area (Å²) in [5.41, 5.74) is 0.955. The van der Waals surface area contributed by atoms with Gasteiger partial charge in [0.25, 0.3) is 0 Å². The van der Waals surface area contributed by atoms with Crippen LogP contribution >= 0.6 is 0 Å². The van der Waals surface area contributed by atoms with Crippen LogP contribution in [0.15, 0.2) is 24.3 Å². The van der Waals surface area contributed by atoms with Gasteiger partial charge in [0.2, 0.25) is 0 Å². The van der Waals surface area contributed by atoms with E-state index in [0.29, 0.717) is 17.0 Å². The van der Waals surface area contributed by atoms with Gasteiger partial charge in [0, 0.05) is 1.43 Å². The van der Waals surface area contributed by atoms with E-state index in [-0.39, 0.29) is 7.34 Å². The minimum Gasteiger partial charge on any atom is -0.203 e. The molecule has 20 heavy (non-hydrogen) atoms. The van der Waals surface area contributed by atoms with E-state index in [9.17, 15) is 8.78 Å². The molecule has 1 aliphatic carbocycles. The minimum atomic E-state index is -0.678. The van der Waals surface area contributed by atoms with Crippen LogP contribution in [0.2, 0.25) is 0 Å². The number of benzene rings is 1. The lowest BCUT2D eigenvalue weighted by Gasteiger charge is -2.27. The summed E-state index contributed by atoms with van der Waals surface area (Å²) in [6, 6.07) is 3.44. The molecule has 0 atom stereocenters. The van der Waals surface area contributed by atoms with Crippen LogP contribution in [-0.4, -0.2) is 0 Å². The molecule has 0 amide bonds. The Morgan fingerprint density at radius 1 is 1.05 bits per heavy atom. The van der Waals surface area contributed by atoms with Crippen molar-refractivity contribution in [3.63, 3.8) is 0 Å². The number of aryl methyl sites for hydroxylation is 1. The van der Waals surface area contributed by atoms with Crippen molar-refractivity contribution in [3.05, 3.63) is 47.0 Å². The number of rotatable bonds is 2. The van der Waals surface area contributed by atoms with Gasteiger partial charge < -0.3 is 0 Å². The number of hydrogen-bond acceptors (Lipinski definition) is 0. The molecule has 0 radical (unpaired) electrons. The van der Waals surface area contributed by atoms with Crippen LogP contribution in [0.5, 0.6) is 0 Å². The molecule has 0 unspecified atom stereocenters. The Balaban J connectivity index is 0.00000128. The smallest absolute Gasteiger partial charge is 0.162 e. The fraction of sp³-hybridized carbons (Fsp3) is 0.556. The summed E-state index contributed by atoms with van der Waals surface area (Å²) in [6.45, 7) is 7.63. The molecule has 0 aromatic heterocycles. The van der Waals surface area contributed by atoms with E-state index in [2.05, 4.69) is 12.2 Å². The molecule has 0 N–H and O–H groups in total. The van der Waals surface area contributed by atoms with E-state index in [1.54, 1.807) is 19.1 Å². The van der Waals surface area contributed by atoms with E-state index in [1.165, 1.54) is 0 Å². The molecule has 1 aliphatic rings. The molecule has 2 rings (SSSR count). The summed E-state index contributed by atoms with van der Waals surface area (Å²) < 4.78 is 27.5. The van der Waals surface area contributed by atoms with Gasteiger partial charge in [0.15, 0.2) is 11.6 Å². The molecule has 1 fully saturated rings. The van der Waals surface area contributed by atoms with Crippen LogP contribution < -0.4 is 0 Å². The Kier molecular flexibility index (Phi) is 6.90. The topological polar surface area (TPSA) is 0 Å². The van der Waals surface area contributed by atoms with E-state index < -0.39 is 11.6 Å². The first-order valence-electron chi connectivity index (χ1n) is 7.70. The van der Waals surface area contributed by atoms with Gasteiger partial charge in [-0.1, -0.05) is 38.1 Å². The highest BCUT2D eigenvalue weighted by Crippen LogP contribution is 2.37. The zero-order valence-corrected chi connectivity index (χ0v) is 13.0. The molecule has 2 heteroatoms. The molecule has 1 aromatic carbocycles. The summed E-state index contributed by atoms with van der Waals surface area (Å²) in [5, 5.41) is 0. The fourth-order valence-electron chi connectivity index (χ4n) is 2.87. The average molecular weight is 282 g/mol. The molecule has 0 aliphatic heterocycles. The summed E-state index contributed by atoms with van der Waals surface area (Å²) in [6.07, 6.45) is 8.36. The van der Waals surface area contributed by atoms with Crippen molar-refractivity contribution in [2.75, 3.05) is 0 Å². The second kappa shape index (κ2) is 8.18. The summed E-state index contributed by atoms with van der Waals surface area (Å²) >= 11 is 0. The first-order valence-corrected chi connectivity index (χ1v) is 7.70. The zero-order chi connectivity index (χ0) is 15.1. The van der Waals surface area contributed by atoms with Gasteiger partial charge >= 0.3 is 0 Å². The van der Waals surface area contributed by atoms with Crippen molar-refractivity contribution < 1.29 is 10.2 Å². The Labute approximate surface area is 123 Å². The molecule has 0 bridgehead atoms. The molecule has 1 aromatic rings. The standard InChI is InChI=1S/C16H20F2.C2H6.H2/c1-3-4-12-6-8-13(9-7-12)14-10-5-11(2)15(17)16(14)18;1-2;/h3-5,10,12-13H,6-9H2,1-2H3;1-2H3;1H/b4-3+;;. The fourth-order valence-corrected chi connectivity index (χ4v) is 2.87.